The van der Waals surface area contributed by atoms with E-state index in [-0.39, 0.29) is 5.91 Å². The number of pyridine rings is 1. The lowest BCUT2D eigenvalue weighted by Gasteiger charge is -2.02. The summed E-state index contributed by atoms with van der Waals surface area (Å²) in [4.78, 5) is 11.4. The van der Waals surface area contributed by atoms with Crippen LogP contribution >= 0.6 is 0 Å². The number of hydrogen-bond acceptors (Lipinski definition) is 1. The van der Waals surface area contributed by atoms with Gasteiger partial charge in [0.25, 0.3) is 0 Å². The second kappa shape index (κ2) is 3.61. The zero-order valence-electron chi connectivity index (χ0n) is 8.55. The molecule has 0 saturated carbocycles. The fourth-order valence-corrected chi connectivity index (χ4v) is 1.38. The Balaban J connectivity index is 2.37. The van der Waals surface area contributed by atoms with E-state index in [1.165, 1.54) is 4.58 Å². The van der Waals surface area contributed by atoms with Crippen molar-refractivity contribution in [3.05, 3.63) is 48.4 Å². The van der Waals surface area contributed by atoms with Crippen molar-refractivity contribution in [3.63, 3.8) is 0 Å². The molecule has 2 rings (SSSR count). The van der Waals surface area contributed by atoms with Gasteiger partial charge in [0.05, 0.1) is 6.08 Å². The number of carbonyl (C=O) groups is 1. The second-order valence-electron chi connectivity index (χ2n) is 3.48. The van der Waals surface area contributed by atoms with Crippen LogP contribution in [-0.4, -0.2) is 17.2 Å². The van der Waals surface area contributed by atoms with Crippen LogP contribution in [0.5, 0.6) is 0 Å². The number of amides is 1. The number of aryl methyl sites for hydroxylation is 1. The SMILES string of the molecule is C=[N+]1C=CC(c2cc[n+](C)cc2)=CC1=O. The van der Waals surface area contributed by atoms with Crippen LogP contribution in [0, 0.1) is 0 Å². The Morgan fingerprint density at radius 2 is 1.93 bits per heavy atom. The normalized spacial score (nSPS) is 15.4. The van der Waals surface area contributed by atoms with Crippen molar-refractivity contribution in [1.82, 2.24) is 0 Å². The van der Waals surface area contributed by atoms with Crippen LogP contribution < -0.4 is 4.57 Å². The number of nitrogens with zero attached hydrogens (tertiary/aromatic N) is 2. The van der Waals surface area contributed by atoms with E-state index in [4.69, 9.17) is 0 Å². The highest BCUT2D eigenvalue weighted by Crippen LogP contribution is 2.16. The van der Waals surface area contributed by atoms with Gasteiger partial charge in [0.2, 0.25) is 0 Å². The molecule has 1 aliphatic heterocycles. The molecular formula is C12H12N2O+2. The van der Waals surface area contributed by atoms with E-state index in [2.05, 4.69) is 6.72 Å². The van der Waals surface area contributed by atoms with Gasteiger partial charge < -0.3 is 0 Å². The molecule has 1 aromatic rings. The van der Waals surface area contributed by atoms with Crippen molar-refractivity contribution in [2.45, 2.75) is 0 Å². The van der Waals surface area contributed by atoms with Gasteiger partial charge in [-0.1, -0.05) is 0 Å². The summed E-state index contributed by atoms with van der Waals surface area (Å²) in [6, 6.07) is 3.95. The lowest BCUT2D eigenvalue weighted by atomic mass is 10.1. The second-order valence-corrected chi connectivity index (χ2v) is 3.48. The smallest absolute Gasteiger partial charge is 0.214 e. The summed E-state index contributed by atoms with van der Waals surface area (Å²) in [6.07, 6.45) is 9.03. The first kappa shape index (κ1) is 9.52. The van der Waals surface area contributed by atoms with Gasteiger partial charge in [-0.2, -0.15) is 0 Å². The van der Waals surface area contributed by atoms with Gasteiger partial charge in [0.1, 0.15) is 13.8 Å². The zero-order chi connectivity index (χ0) is 10.8. The van der Waals surface area contributed by atoms with E-state index in [9.17, 15) is 4.79 Å². The average molecular weight is 200 g/mol. The van der Waals surface area contributed by atoms with Gasteiger partial charge in [-0.25, -0.2) is 9.36 Å². The van der Waals surface area contributed by atoms with Crippen molar-refractivity contribution in [2.75, 3.05) is 0 Å². The maximum absolute atomic E-state index is 11.4. The molecule has 0 spiro atoms. The van der Waals surface area contributed by atoms with E-state index in [0.717, 1.165) is 11.1 Å². The Morgan fingerprint density at radius 3 is 2.53 bits per heavy atom. The van der Waals surface area contributed by atoms with E-state index >= 15 is 0 Å². The first-order valence-corrected chi connectivity index (χ1v) is 4.66. The highest BCUT2D eigenvalue weighted by atomic mass is 16.2. The van der Waals surface area contributed by atoms with Crippen LogP contribution in [-0.2, 0) is 11.8 Å². The average Bonchev–Trinajstić information content (AvgIpc) is 2.23. The van der Waals surface area contributed by atoms with E-state index < -0.39 is 0 Å². The number of hydrogen-bond donors (Lipinski definition) is 0. The summed E-state index contributed by atoms with van der Waals surface area (Å²) in [5.74, 6) is -0.0965. The van der Waals surface area contributed by atoms with Gasteiger partial charge in [0.15, 0.2) is 18.6 Å². The van der Waals surface area contributed by atoms with Crippen LogP contribution in [0.25, 0.3) is 5.57 Å². The van der Waals surface area contributed by atoms with Crippen LogP contribution in [0.4, 0.5) is 0 Å². The van der Waals surface area contributed by atoms with Crippen LogP contribution in [0.15, 0.2) is 42.9 Å². The highest BCUT2D eigenvalue weighted by molar-refractivity contribution is 5.95. The van der Waals surface area contributed by atoms with Crippen LogP contribution in [0.2, 0.25) is 0 Å². The number of aromatic nitrogens is 1. The molecule has 3 heteroatoms. The summed E-state index contributed by atoms with van der Waals surface area (Å²) in [5.41, 5.74) is 1.95. The van der Waals surface area contributed by atoms with Gasteiger partial charge in [-0.15, -0.1) is 4.58 Å². The number of rotatable bonds is 1. The first-order chi connectivity index (χ1) is 7.16. The third-order valence-electron chi connectivity index (χ3n) is 2.31. The summed E-state index contributed by atoms with van der Waals surface area (Å²) in [7, 11) is 1.96. The molecule has 15 heavy (non-hydrogen) atoms. The number of allylic oxidation sites excluding steroid dienone is 2. The third kappa shape index (κ3) is 1.91. The minimum Gasteiger partial charge on any atom is -0.214 e. The van der Waals surface area contributed by atoms with Gasteiger partial charge in [0, 0.05) is 18.2 Å². The lowest BCUT2D eigenvalue weighted by Crippen LogP contribution is -2.26. The molecule has 0 bridgehead atoms. The van der Waals surface area contributed by atoms with E-state index in [1.807, 2.05) is 42.2 Å². The molecule has 0 N–H and O–H groups in total. The van der Waals surface area contributed by atoms with Gasteiger partial charge in [-0.3, -0.25) is 0 Å². The maximum Gasteiger partial charge on any atom is 0.417 e. The van der Waals surface area contributed by atoms with Crippen LogP contribution in [0.3, 0.4) is 0 Å². The molecule has 2 heterocycles. The summed E-state index contributed by atoms with van der Waals surface area (Å²) < 4.78 is 3.26. The molecular weight excluding hydrogens is 188 g/mol. The fourth-order valence-electron chi connectivity index (χ4n) is 1.38. The Labute approximate surface area is 88.3 Å². The van der Waals surface area contributed by atoms with Gasteiger partial charge >= 0.3 is 5.91 Å². The minimum atomic E-state index is -0.0965. The Morgan fingerprint density at radius 1 is 1.27 bits per heavy atom. The van der Waals surface area contributed by atoms with Crippen molar-refractivity contribution in [2.24, 2.45) is 7.05 Å². The molecule has 0 unspecified atom stereocenters. The van der Waals surface area contributed by atoms with Crippen LogP contribution in [0.1, 0.15) is 5.56 Å². The summed E-state index contributed by atoms with van der Waals surface area (Å²) >= 11 is 0. The maximum atomic E-state index is 11.4. The molecule has 1 aliphatic rings. The molecule has 74 valence electrons. The Hall–Kier alpha value is -2.03. The Bertz CT molecular complexity index is 481. The molecule has 0 atom stereocenters. The summed E-state index contributed by atoms with van der Waals surface area (Å²) in [6.45, 7) is 3.57. The van der Waals surface area contributed by atoms with E-state index in [0.29, 0.717) is 0 Å². The lowest BCUT2D eigenvalue weighted by molar-refractivity contribution is -0.671. The monoisotopic (exact) mass is 200 g/mol. The molecule has 1 amide bonds. The van der Waals surface area contributed by atoms with Crippen molar-refractivity contribution < 1.29 is 13.9 Å². The predicted molar refractivity (Wildman–Crippen MR) is 57.1 cm³/mol. The highest BCUT2D eigenvalue weighted by Gasteiger charge is 2.16. The molecule has 0 aromatic carbocycles. The Kier molecular flexibility index (Phi) is 2.29. The van der Waals surface area contributed by atoms with Crippen molar-refractivity contribution in [1.29, 1.82) is 0 Å². The molecule has 0 aliphatic carbocycles. The topological polar surface area (TPSA) is 24.0 Å². The number of carbonyl (C=O) groups excluding carboxylic acids is 1. The fraction of sp³-hybridized carbons (Fsp3) is 0.0833. The standard InChI is InChI=1S/C12H12N2O/c1-13-6-3-10(4-7-13)11-5-8-14(2)12(15)9-11/h3-9H,2H2,1H3/q+2. The van der Waals surface area contributed by atoms with E-state index in [1.54, 1.807) is 12.3 Å². The molecule has 3 nitrogen and oxygen atoms in total. The molecule has 0 radical (unpaired) electrons. The van der Waals surface area contributed by atoms with Crippen molar-refractivity contribution >= 4 is 18.2 Å². The molecule has 0 fully saturated rings. The quantitative estimate of drug-likeness (QED) is 0.611. The predicted octanol–water partition coefficient (Wildman–Crippen LogP) is 0.662. The first-order valence-electron chi connectivity index (χ1n) is 4.66. The minimum absolute atomic E-state index is 0.0965. The molecule has 1 aromatic heterocycles. The largest absolute Gasteiger partial charge is 0.417 e. The zero-order valence-corrected chi connectivity index (χ0v) is 8.55. The third-order valence-corrected chi connectivity index (χ3v) is 2.31. The van der Waals surface area contributed by atoms with Crippen molar-refractivity contribution in [3.8, 4) is 0 Å². The summed E-state index contributed by atoms with van der Waals surface area (Å²) in [5, 5.41) is 0. The van der Waals surface area contributed by atoms with Gasteiger partial charge in [-0.05, 0) is 11.1 Å². The molecule has 0 saturated heterocycles.